The van der Waals surface area contributed by atoms with Gasteiger partial charge in [0.15, 0.2) is 0 Å². The average Bonchev–Trinajstić information content (AvgIpc) is 2.43. The Labute approximate surface area is 144 Å². The number of carbonyl (C=O) groups excluding carboxylic acids is 1. The van der Waals surface area contributed by atoms with Crippen LogP contribution in [0.5, 0.6) is 0 Å². The zero-order chi connectivity index (χ0) is 19.3. The second-order valence-corrected chi connectivity index (χ2v) is 6.14. The van der Waals surface area contributed by atoms with Gasteiger partial charge in [-0.25, -0.2) is 4.79 Å². The Morgan fingerprint density at radius 3 is 2.24 bits per heavy atom. The van der Waals surface area contributed by atoms with Crippen molar-refractivity contribution in [1.82, 2.24) is 10.6 Å². The summed E-state index contributed by atoms with van der Waals surface area (Å²) in [5.41, 5.74) is 0.187. The number of carbonyl (C=O) groups is 1. The van der Waals surface area contributed by atoms with Gasteiger partial charge < -0.3 is 10.6 Å². The number of rotatable bonds is 7. The molecule has 0 atom stereocenters. The van der Waals surface area contributed by atoms with Gasteiger partial charge >= 0.3 is 12.2 Å². The van der Waals surface area contributed by atoms with E-state index < -0.39 is 30.1 Å². The summed E-state index contributed by atoms with van der Waals surface area (Å²) in [6, 6.07) is -1.12. The molecule has 144 valence electrons. The number of amides is 2. The fraction of sp³-hybridized carbons (Fsp3) is 0.750. The number of allylic oxidation sites excluding steroid dienone is 1. The molecule has 0 spiro atoms. The van der Waals surface area contributed by atoms with Crippen molar-refractivity contribution in [3.05, 3.63) is 11.6 Å². The predicted octanol–water partition coefficient (Wildman–Crippen LogP) is 4.08. The highest BCUT2D eigenvalue weighted by Crippen LogP contribution is 2.40. The predicted molar refractivity (Wildman–Crippen MR) is 86.1 cm³/mol. The maximum atomic E-state index is 13.5. The van der Waals surface area contributed by atoms with E-state index in [1.807, 2.05) is 0 Å². The Morgan fingerprint density at radius 2 is 1.80 bits per heavy atom. The van der Waals surface area contributed by atoms with Crippen LogP contribution in [0.15, 0.2) is 16.6 Å². The molecule has 0 aromatic heterocycles. The third-order valence-electron chi connectivity index (χ3n) is 3.99. The molecule has 1 fully saturated rings. The van der Waals surface area contributed by atoms with Gasteiger partial charge in [-0.15, -0.1) is 0 Å². The largest absolute Gasteiger partial charge is 0.391 e. The van der Waals surface area contributed by atoms with Crippen molar-refractivity contribution in [3.8, 4) is 0 Å². The Kier molecular flexibility index (Phi) is 7.37. The molecule has 2 N–H and O–H groups in total. The van der Waals surface area contributed by atoms with E-state index in [-0.39, 0.29) is 31.6 Å². The molecule has 4 nitrogen and oxygen atoms in total. The number of hydrogen-bond acceptors (Lipinski definition) is 2. The van der Waals surface area contributed by atoms with E-state index in [1.165, 1.54) is 6.08 Å². The smallest absolute Gasteiger partial charge is 0.335 e. The van der Waals surface area contributed by atoms with Crippen LogP contribution in [0, 0.1) is 5.92 Å². The van der Waals surface area contributed by atoms with Crippen LogP contribution in [-0.2, 0) is 0 Å². The van der Waals surface area contributed by atoms with Crippen LogP contribution in [0.1, 0.15) is 40.0 Å². The van der Waals surface area contributed by atoms with E-state index >= 15 is 0 Å². The van der Waals surface area contributed by atoms with Gasteiger partial charge in [-0.2, -0.15) is 22.0 Å². The van der Waals surface area contributed by atoms with Crippen molar-refractivity contribution in [2.75, 3.05) is 13.1 Å². The monoisotopic (exact) mass is 369 g/mol. The topological polar surface area (TPSA) is 53.5 Å². The Bertz CT molecular complexity index is 517. The van der Waals surface area contributed by atoms with Crippen molar-refractivity contribution in [1.29, 1.82) is 0 Å². The molecule has 0 unspecified atom stereocenters. The van der Waals surface area contributed by atoms with Crippen LogP contribution < -0.4 is 10.6 Å². The van der Waals surface area contributed by atoms with Gasteiger partial charge in [0.05, 0.1) is 5.92 Å². The number of aliphatic imine (C=N–C) groups is 1. The van der Waals surface area contributed by atoms with Gasteiger partial charge in [0.1, 0.15) is 5.71 Å². The van der Waals surface area contributed by atoms with Crippen molar-refractivity contribution in [3.63, 3.8) is 0 Å². The second kappa shape index (κ2) is 8.62. The standard InChI is InChI=1S/C16H24F5N3O/c1-4-10(6-13(22-5-2)15(3,17)18)9-23-14(25)24-12-7-11(8-12)16(19,20)21/h6,11-12H,4-5,7-9H2,1-3H3,(H2,23,24,25)/b10-6+,22-13?. The van der Waals surface area contributed by atoms with Crippen molar-refractivity contribution >= 4 is 11.7 Å². The van der Waals surface area contributed by atoms with Crippen LogP contribution in [0.3, 0.4) is 0 Å². The highest BCUT2D eigenvalue weighted by molar-refractivity contribution is 6.00. The first-order chi connectivity index (χ1) is 11.5. The molecule has 9 heteroatoms. The molecular formula is C16H24F5N3O. The van der Waals surface area contributed by atoms with E-state index in [4.69, 9.17) is 0 Å². The van der Waals surface area contributed by atoms with Gasteiger partial charge in [-0.1, -0.05) is 6.92 Å². The number of hydrogen-bond donors (Lipinski definition) is 2. The molecule has 0 aromatic carbocycles. The van der Waals surface area contributed by atoms with E-state index in [9.17, 15) is 26.7 Å². The van der Waals surface area contributed by atoms with Crippen LogP contribution >= 0.6 is 0 Å². The molecule has 0 aliphatic heterocycles. The number of halogens is 5. The maximum absolute atomic E-state index is 13.5. The summed E-state index contributed by atoms with van der Waals surface area (Å²) >= 11 is 0. The third-order valence-corrected chi connectivity index (χ3v) is 3.99. The molecule has 0 bridgehead atoms. The fourth-order valence-electron chi connectivity index (χ4n) is 2.39. The van der Waals surface area contributed by atoms with E-state index in [2.05, 4.69) is 15.6 Å². The molecule has 0 aromatic rings. The van der Waals surface area contributed by atoms with Gasteiger partial charge in [0.2, 0.25) is 0 Å². The number of nitrogens with one attached hydrogen (secondary N) is 2. The van der Waals surface area contributed by atoms with E-state index in [0.717, 1.165) is 6.92 Å². The van der Waals surface area contributed by atoms with Crippen LogP contribution in [-0.4, -0.2) is 43.0 Å². The number of nitrogens with zero attached hydrogens (tertiary/aromatic N) is 1. The van der Waals surface area contributed by atoms with Gasteiger partial charge in [-0.3, -0.25) is 4.99 Å². The summed E-state index contributed by atoms with van der Waals surface area (Å²) in [6.07, 6.45) is -2.82. The molecule has 25 heavy (non-hydrogen) atoms. The Hall–Kier alpha value is -1.67. The molecule has 0 radical (unpaired) electrons. The normalized spacial score (nSPS) is 22.4. The summed E-state index contributed by atoms with van der Waals surface area (Å²) in [5, 5.41) is 4.94. The molecule has 1 saturated carbocycles. The summed E-state index contributed by atoms with van der Waals surface area (Å²) in [7, 11) is 0. The van der Waals surface area contributed by atoms with Crippen molar-refractivity contribution in [2.45, 2.75) is 58.2 Å². The highest BCUT2D eigenvalue weighted by Gasteiger charge is 2.48. The SMILES string of the molecule is CCN=C(/C=C(\CC)CNC(=O)NC1CC(C(F)(F)F)C1)C(C)(F)F. The van der Waals surface area contributed by atoms with Gasteiger partial charge in [0, 0.05) is 26.1 Å². The minimum atomic E-state index is -4.23. The zero-order valence-electron chi connectivity index (χ0n) is 14.5. The third kappa shape index (κ3) is 6.99. The van der Waals surface area contributed by atoms with Crippen molar-refractivity contribution < 1.29 is 26.7 Å². The molecule has 0 saturated heterocycles. The van der Waals surface area contributed by atoms with E-state index in [1.54, 1.807) is 13.8 Å². The Balaban J connectivity index is 2.50. The molecular weight excluding hydrogens is 345 g/mol. The zero-order valence-corrected chi connectivity index (χ0v) is 14.5. The first-order valence-electron chi connectivity index (χ1n) is 8.20. The first kappa shape index (κ1) is 21.4. The maximum Gasteiger partial charge on any atom is 0.391 e. The van der Waals surface area contributed by atoms with E-state index in [0.29, 0.717) is 12.0 Å². The summed E-state index contributed by atoms with van der Waals surface area (Å²) in [6.45, 7) is 4.38. The lowest BCUT2D eigenvalue weighted by molar-refractivity contribution is -0.198. The summed E-state index contributed by atoms with van der Waals surface area (Å²) in [5.74, 6) is -4.46. The lowest BCUT2D eigenvalue weighted by Gasteiger charge is -2.36. The lowest BCUT2D eigenvalue weighted by Crippen LogP contribution is -2.51. The van der Waals surface area contributed by atoms with Crippen LogP contribution in [0.2, 0.25) is 0 Å². The lowest BCUT2D eigenvalue weighted by atomic mass is 9.80. The molecule has 1 aliphatic carbocycles. The number of urea groups is 1. The highest BCUT2D eigenvalue weighted by atomic mass is 19.4. The molecule has 1 rings (SSSR count). The minimum absolute atomic E-state index is 0.0244. The van der Waals surface area contributed by atoms with Gasteiger partial charge in [-0.05, 0) is 37.8 Å². The first-order valence-corrected chi connectivity index (χ1v) is 8.20. The van der Waals surface area contributed by atoms with Gasteiger partial charge in [0.25, 0.3) is 5.92 Å². The average molecular weight is 369 g/mol. The minimum Gasteiger partial charge on any atom is -0.335 e. The van der Waals surface area contributed by atoms with Crippen molar-refractivity contribution in [2.24, 2.45) is 10.9 Å². The Morgan fingerprint density at radius 1 is 1.20 bits per heavy atom. The molecule has 1 aliphatic rings. The second-order valence-electron chi connectivity index (χ2n) is 6.14. The fourth-order valence-corrected chi connectivity index (χ4v) is 2.39. The summed E-state index contributed by atoms with van der Waals surface area (Å²) < 4.78 is 64.1. The molecule has 2 amide bonds. The molecule has 0 heterocycles. The van der Waals surface area contributed by atoms with Crippen LogP contribution in [0.25, 0.3) is 0 Å². The summed E-state index contributed by atoms with van der Waals surface area (Å²) in [4.78, 5) is 15.5. The number of alkyl halides is 5. The quantitative estimate of drug-likeness (QED) is 0.516. The van der Waals surface area contributed by atoms with Crippen LogP contribution in [0.4, 0.5) is 26.7 Å².